The van der Waals surface area contributed by atoms with Gasteiger partial charge < -0.3 is 35.1 Å². The maximum atomic E-state index is 13.0. The quantitative estimate of drug-likeness (QED) is 0.0156. The zero-order valence-electron chi connectivity index (χ0n) is 36.7. The van der Waals surface area contributed by atoms with E-state index >= 15 is 0 Å². The minimum atomic E-state index is -4.42. The highest BCUT2D eigenvalue weighted by atomic mass is 31.2. The first-order valence-electron chi connectivity index (χ1n) is 22.7. The van der Waals surface area contributed by atoms with Crippen LogP contribution < -0.4 is 5.32 Å². The van der Waals surface area contributed by atoms with Gasteiger partial charge in [-0.05, 0) is 25.7 Å². The predicted octanol–water partition coefficient (Wildman–Crippen LogP) is 7.92. The number of carbonyl (C=O) groups excluding carboxylic acids is 2. The monoisotopic (exact) mass is 834 g/mol. The van der Waals surface area contributed by atoms with E-state index in [-0.39, 0.29) is 50.6 Å². The SMILES string of the molecule is CCCCCCCCCCCCCCCC[C@@H](O)[C@H](COP(=O)(O)OCC[N+](C)(C)C)NC(=O)CCCCC(=O)C[C@@H]1[C@@H](/C=C/[C@@H](O)CCCCC)[C@H](O)C[C@@H]1O. The Morgan fingerprint density at radius 2 is 1.28 bits per heavy atom. The summed E-state index contributed by atoms with van der Waals surface area (Å²) in [4.78, 5) is 36.2. The Morgan fingerprint density at radius 1 is 0.754 bits per heavy atom. The predicted molar refractivity (Wildman–Crippen MR) is 228 cm³/mol. The molecule has 1 aliphatic carbocycles. The summed E-state index contributed by atoms with van der Waals surface area (Å²) in [5, 5.41) is 45.3. The molecule has 1 aliphatic rings. The number of hydrogen-bond acceptors (Lipinski definition) is 9. The Bertz CT molecular complexity index is 1120. The van der Waals surface area contributed by atoms with E-state index in [0.29, 0.717) is 36.7 Å². The number of nitrogens with zero attached hydrogens (tertiary/aromatic N) is 1. The second-order valence-electron chi connectivity index (χ2n) is 17.7. The lowest BCUT2D eigenvalue weighted by Crippen LogP contribution is -2.46. The number of ketones is 1. The lowest BCUT2D eigenvalue weighted by molar-refractivity contribution is -0.870. The summed E-state index contributed by atoms with van der Waals surface area (Å²) >= 11 is 0. The standard InChI is InChI=1S/C44H85N2O10P/c1-6-8-10-11-12-13-14-15-16-17-18-19-20-22-27-41(49)40(35-56-57(53,54)55-32-31-46(3,4)5)45-44(52)28-24-23-26-37(48)33-39-38(42(50)34-43(39)51)30-29-36(47)25-21-9-7-2/h29-30,36,38-43,47,49-51H,6-28,31-35H2,1-5H3,(H-,45,52,53,54)/p+1/b30-29+/t36-,38+,39+,40-,41+,42+,43-/m0/s1. The van der Waals surface area contributed by atoms with Crippen LogP contribution in [0.4, 0.5) is 0 Å². The van der Waals surface area contributed by atoms with Crippen molar-refractivity contribution in [2.24, 2.45) is 11.8 Å². The number of quaternary nitrogens is 1. The topological polar surface area (TPSA) is 183 Å². The molecule has 336 valence electrons. The molecule has 0 spiro atoms. The molecule has 1 saturated carbocycles. The third kappa shape index (κ3) is 28.0. The van der Waals surface area contributed by atoms with Gasteiger partial charge in [0.25, 0.3) is 0 Å². The minimum absolute atomic E-state index is 0.00845. The van der Waals surface area contributed by atoms with E-state index in [1.165, 1.54) is 64.2 Å². The summed E-state index contributed by atoms with van der Waals surface area (Å²) < 4.78 is 23.5. The fraction of sp³-hybridized carbons (Fsp3) is 0.909. The number of likely N-dealkylation sites (N-methyl/N-ethyl adjacent to an activating group) is 1. The van der Waals surface area contributed by atoms with Gasteiger partial charge in [0.2, 0.25) is 5.91 Å². The van der Waals surface area contributed by atoms with Crippen LogP contribution in [-0.2, 0) is 23.2 Å². The Balaban J connectivity index is 2.56. The van der Waals surface area contributed by atoms with E-state index in [2.05, 4.69) is 19.2 Å². The van der Waals surface area contributed by atoms with Crippen LogP contribution in [-0.4, -0.2) is 113 Å². The van der Waals surface area contributed by atoms with Gasteiger partial charge in [-0.25, -0.2) is 4.57 Å². The summed E-state index contributed by atoms with van der Waals surface area (Å²) in [5.41, 5.74) is 0. The first-order chi connectivity index (χ1) is 27.1. The van der Waals surface area contributed by atoms with Gasteiger partial charge in [-0.15, -0.1) is 0 Å². The first kappa shape index (κ1) is 53.8. The molecular formula is C44H86N2O10P+. The normalized spacial score (nSPS) is 21.4. The maximum Gasteiger partial charge on any atom is 0.472 e. The first-order valence-corrected chi connectivity index (χ1v) is 24.2. The van der Waals surface area contributed by atoms with Crippen LogP contribution in [0.3, 0.4) is 0 Å². The number of phosphoric acid groups is 1. The number of nitrogens with one attached hydrogen (secondary N) is 1. The van der Waals surface area contributed by atoms with E-state index in [1.54, 1.807) is 12.2 Å². The van der Waals surface area contributed by atoms with Crippen LogP contribution in [0.25, 0.3) is 0 Å². The lowest BCUT2D eigenvalue weighted by Gasteiger charge is -2.26. The van der Waals surface area contributed by atoms with Crippen LogP contribution in [0.2, 0.25) is 0 Å². The molecule has 0 radical (unpaired) electrons. The molecule has 0 aromatic heterocycles. The van der Waals surface area contributed by atoms with Crippen molar-refractivity contribution < 1.29 is 53.0 Å². The van der Waals surface area contributed by atoms with Crippen molar-refractivity contribution in [3.8, 4) is 0 Å². The molecule has 0 bridgehead atoms. The van der Waals surface area contributed by atoms with Crippen LogP contribution in [0.5, 0.6) is 0 Å². The number of carbonyl (C=O) groups is 2. The molecular weight excluding hydrogens is 747 g/mol. The number of phosphoric ester groups is 1. The van der Waals surface area contributed by atoms with Crippen molar-refractivity contribution in [1.29, 1.82) is 0 Å². The van der Waals surface area contributed by atoms with Gasteiger partial charge in [-0.2, -0.15) is 0 Å². The third-order valence-electron chi connectivity index (χ3n) is 11.2. The van der Waals surface area contributed by atoms with Crippen molar-refractivity contribution >= 4 is 19.5 Å². The molecule has 0 aliphatic heterocycles. The summed E-state index contributed by atoms with van der Waals surface area (Å²) in [6.07, 6.45) is 22.8. The number of Topliss-reactive ketones (excluding diaryl/α,β-unsaturated/α-hetero) is 1. The highest BCUT2D eigenvalue weighted by Gasteiger charge is 2.41. The lowest BCUT2D eigenvalue weighted by atomic mass is 9.87. The number of rotatable bonds is 37. The Hall–Kier alpha value is -1.21. The molecule has 12 nitrogen and oxygen atoms in total. The summed E-state index contributed by atoms with van der Waals surface area (Å²) in [7, 11) is 1.39. The van der Waals surface area contributed by atoms with Crippen LogP contribution >= 0.6 is 7.82 Å². The molecule has 1 amide bonds. The van der Waals surface area contributed by atoms with E-state index in [9.17, 15) is 39.5 Å². The Morgan fingerprint density at radius 3 is 1.86 bits per heavy atom. The summed E-state index contributed by atoms with van der Waals surface area (Å²) in [6, 6.07) is -0.908. The highest BCUT2D eigenvalue weighted by molar-refractivity contribution is 7.47. The number of aliphatic hydroxyl groups excluding tert-OH is 4. The number of aliphatic hydroxyl groups is 4. The zero-order valence-corrected chi connectivity index (χ0v) is 37.6. The molecule has 0 aromatic carbocycles. The molecule has 0 saturated heterocycles. The van der Waals surface area contributed by atoms with Crippen LogP contribution in [0.15, 0.2) is 12.2 Å². The van der Waals surface area contributed by atoms with Gasteiger partial charge in [0.05, 0.1) is 58.2 Å². The molecule has 1 rings (SSSR count). The average Bonchev–Trinajstić information content (AvgIpc) is 3.40. The van der Waals surface area contributed by atoms with E-state index in [1.807, 2.05) is 21.1 Å². The van der Waals surface area contributed by atoms with Gasteiger partial charge in [0, 0.05) is 37.5 Å². The highest BCUT2D eigenvalue weighted by Crippen LogP contribution is 2.43. The van der Waals surface area contributed by atoms with Gasteiger partial charge >= 0.3 is 7.82 Å². The fourth-order valence-corrected chi connectivity index (χ4v) is 8.25. The van der Waals surface area contributed by atoms with Crippen molar-refractivity contribution in [2.45, 2.75) is 205 Å². The molecule has 6 N–H and O–H groups in total. The molecule has 0 heterocycles. The molecule has 0 aromatic rings. The van der Waals surface area contributed by atoms with Gasteiger partial charge in [0.1, 0.15) is 18.9 Å². The van der Waals surface area contributed by atoms with Crippen LogP contribution in [0, 0.1) is 11.8 Å². The molecule has 1 unspecified atom stereocenters. The minimum Gasteiger partial charge on any atom is -0.393 e. The van der Waals surface area contributed by atoms with Gasteiger partial charge in [-0.3, -0.25) is 18.6 Å². The van der Waals surface area contributed by atoms with Gasteiger partial charge in [-0.1, -0.05) is 135 Å². The van der Waals surface area contributed by atoms with Crippen molar-refractivity contribution in [1.82, 2.24) is 5.32 Å². The smallest absolute Gasteiger partial charge is 0.393 e. The van der Waals surface area contributed by atoms with Gasteiger partial charge in [0.15, 0.2) is 0 Å². The largest absolute Gasteiger partial charge is 0.472 e. The molecule has 1 fully saturated rings. The average molecular weight is 834 g/mol. The number of amides is 1. The fourth-order valence-electron chi connectivity index (χ4n) is 7.51. The van der Waals surface area contributed by atoms with E-state index in [0.717, 1.165) is 44.9 Å². The molecule has 57 heavy (non-hydrogen) atoms. The summed E-state index contributed by atoms with van der Waals surface area (Å²) in [5.74, 6) is -1.26. The summed E-state index contributed by atoms with van der Waals surface area (Å²) in [6.45, 7) is 4.45. The van der Waals surface area contributed by atoms with Crippen molar-refractivity contribution in [3.63, 3.8) is 0 Å². The third-order valence-corrected chi connectivity index (χ3v) is 12.2. The Kier molecular flexibility index (Phi) is 29.9. The van der Waals surface area contributed by atoms with Crippen LogP contribution in [0.1, 0.15) is 174 Å². The zero-order chi connectivity index (χ0) is 42.5. The van der Waals surface area contributed by atoms with E-state index in [4.69, 9.17) is 9.05 Å². The second kappa shape index (κ2) is 31.6. The number of hydrogen-bond donors (Lipinski definition) is 6. The second-order valence-corrected chi connectivity index (χ2v) is 19.2. The Labute approximate surface area is 346 Å². The number of unbranched alkanes of at least 4 members (excludes halogenated alkanes) is 16. The van der Waals surface area contributed by atoms with Crippen molar-refractivity contribution in [3.05, 3.63) is 12.2 Å². The van der Waals surface area contributed by atoms with Crippen molar-refractivity contribution in [2.75, 3.05) is 40.9 Å². The maximum absolute atomic E-state index is 13.0. The van der Waals surface area contributed by atoms with E-state index < -0.39 is 50.1 Å². The molecule has 8 atom stereocenters. The molecule has 13 heteroatoms.